The molecular formula is C47H29BF24OS. The molecule has 0 fully saturated rings. The normalized spacial score (nSPS) is 14.3. The van der Waals surface area contributed by atoms with Gasteiger partial charge in [-0.3, -0.25) is 0 Å². The Balaban J connectivity index is 0.000000500. The Bertz CT molecular complexity index is 2570. The van der Waals surface area contributed by atoms with Gasteiger partial charge in [-0.25, -0.2) is 0 Å². The molecule has 74 heavy (non-hydrogen) atoms. The van der Waals surface area contributed by atoms with Gasteiger partial charge in [0.1, 0.15) is 28.1 Å². The molecule has 0 amide bonds. The van der Waals surface area contributed by atoms with Crippen molar-refractivity contribution in [2.24, 2.45) is 0 Å². The summed E-state index contributed by atoms with van der Waals surface area (Å²) in [5, 5.41) is 0. The van der Waals surface area contributed by atoms with Crippen LogP contribution in [0.4, 0.5) is 105 Å². The van der Waals surface area contributed by atoms with E-state index in [-0.39, 0.29) is 0 Å². The first-order chi connectivity index (χ1) is 33.3. The zero-order chi connectivity index (χ0) is 56.2. The van der Waals surface area contributed by atoms with Crippen LogP contribution in [0.5, 0.6) is 0 Å². The molecule has 0 spiro atoms. The van der Waals surface area contributed by atoms with Crippen molar-refractivity contribution in [3.63, 3.8) is 0 Å². The van der Waals surface area contributed by atoms with Crippen LogP contribution in [0, 0.1) is 6.92 Å². The minimum absolute atomic E-state index is 0.608. The van der Waals surface area contributed by atoms with Crippen LogP contribution in [0.25, 0.3) is 0 Å². The molecule has 1 atom stereocenters. The maximum atomic E-state index is 14.2. The lowest BCUT2D eigenvalue weighted by atomic mass is 9.12. The predicted octanol–water partition coefficient (Wildman–Crippen LogP) is 14.9. The Morgan fingerprint density at radius 3 is 0.757 bits per heavy atom. The SMILES string of the molecule is Cc1ccc(C[S+](C)(=O)c2ccccc2)cc1.FC(F)(F)c1cc([B-](c2cc(C(F)(F)F)cc(C(F)(F)F)c2)(c2cc(C(F)(F)F)cc(C(F)(F)F)c2)c2cc(C(F)(F)F)cc(C(F)(F)F)c2)cc(C(F)(F)F)c1. The van der Waals surface area contributed by atoms with Crippen LogP contribution in [0.1, 0.15) is 55.6 Å². The Morgan fingerprint density at radius 2 is 0.554 bits per heavy atom. The van der Waals surface area contributed by atoms with Crippen molar-refractivity contribution in [1.82, 2.24) is 0 Å². The van der Waals surface area contributed by atoms with Crippen molar-refractivity contribution in [2.75, 3.05) is 6.26 Å². The van der Waals surface area contributed by atoms with Gasteiger partial charge < -0.3 is 0 Å². The Kier molecular flexibility index (Phi) is 15.8. The van der Waals surface area contributed by atoms with Gasteiger partial charge in [-0.15, -0.1) is 0 Å². The second-order valence-corrected chi connectivity index (χ2v) is 19.4. The third kappa shape index (κ3) is 13.6. The third-order valence-corrected chi connectivity index (χ3v) is 13.4. The van der Waals surface area contributed by atoms with E-state index in [1.807, 2.05) is 36.6 Å². The van der Waals surface area contributed by atoms with E-state index in [0.29, 0.717) is 5.75 Å². The number of halogens is 24. The molecule has 0 radical (unpaired) electrons. The molecule has 6 rings (SSSR count). The molecule has 400 valence electrons. The van der Waals surface area contributed by atoms with E-state index in [0.717, 1.165) is 10.5 Å². The van der Waals surface area contributed by atoms with Crippen LogP contribution in [-0.4, -0.2) is 12.4 Å². The van der Waals surface area contributed by atoms with E-state index < -0.39 is 205 Å². The van der Waals surface area contributed by atoms with Gasteiger partial charge in [0.15, 0.2) is 4.90 Å². The van der Waals surface area contributed by atoms with E-state index in [2.05, 4.69) is 31.2 Å². The molecule has 0 heterocycles. The zero-order valence-electron chi connectivity index (χ0n) is 36.8. The molecule has 6 aromatic rings. The van der Waals surface area contributed by atoms with Gasteiger partial charge in [0, 0.05) is 5.56 Å². The highest BCUT2D eigenvalue weighted by Crippen LogP contribution is 2.41. The van der Waals surface area contributed by atoms with Crippen molar-refractivity contribution in [3.05, 3.63) is 183 Å². The van der Waals surface area contributed by atoms with Crippen LogP contribution in [0.2, 0.25) is 0 Å². The van der Waals surface area contributed by atoms with Gasteiger partial charge in [0.25, 0.3) is 0 Å². The van der Waals surface area contributed by atoms with E-state index in [1.54, 1.807) is 0 Å². The number of aryl methyl sites for hydroxylation is 1. The van der Waals surface area contributed by atoms with Gasteiger partial charge >= 0.3 is 49.4 Å². The van der Waals surface area contributed by atoms with E-state index >= 15 is 0 Å². The Morgan fingerprint density at radius 1 is 0.338 bits per heavy atom. The van der Waals surface area contributed by atoms with Crippen LogP contribution in [-0.2, 0) is 69.3 Å². The summed E-state index contributed by atoms with van der Waals surface area (Å²) in [6.07, 6.45) is -53.0. The van der Waals surface area contributed by atoms with Crippen molar-refractivity contribution < 1.29 is 110 Å². The predicted molar refractivity (Wildman–Crippen MR) is 224 cm³/mol. The number of rotatable bonds is 7. The van der Waals surface area contributed by atoms with Crippen LogP contribution in [0.15, 0.2) is 132 Å². The molecule has 1 nitrogen and oxygen atoms in total. The van der Waals surface area contributed by atoms with Crippen LogP contribution < -0.4 is 21.9 Å². The molecule has 6 aromatic carbocycles. The number of alkyl halides is 24. The zero-order valence-corrected chi connectivity index (χ0v) is 37.6. The monoisotopic (exact) mass is 1110 g/mol. The van der Waals surface area contributed by atoms with Crippen LogP contribution >= 0.6 is 0 Å². The fourth-order valence-electron chi connectivity index (χ4n) is 7.86. The first-order valence-corrected chi connectivity index (χ1v) is 22.4. The highest BCUT2D eigenvalue weighted by atomic mass is 32.2. The van der Waals surface area contributed by atoms with Crippen molar-refractivity contribution in [2.45, 2.75) is 67.0 Å². The summed E-state index contributed by atoms with van der Waals surface area (Å²) in [6, 6.07) is 9.14. The van der Waals surface area contributed by atoms with E-state index in [4.69, 9.17) is 0 Å². The van der Waals surface area contributed by atoms with Gasteiger partial charge in [0.2, 0.25) is 0 Å². The molecular weight excluding hydrogens is 1080 g/mol. The van der Waals surface area contributed by atoms with Gasteiger partial charge in [-0.05, 0) is 43.3 Å². The van der Waals surface area contributed by atoms with Crippen molar-refractivity contribution in [1.29, 1.82) is 0 Å². The largest absolute Gasteiger partial charge is 0.416 e. The summed E-state index contributed by atoms with van der Waals surface area (Å²) >= 11 is 0. The second kappa shape index (κ2) is 19.9. The highest BCUT2D eigenvalue weighted by molar-refractivity contribution is 8.01. The van der Waals surface area contributed by atoms with Crippen molar-refractivity contribution >= 4 is 37.9 Å². The maximum absolute atomic E-state index is 14.2. The van der Waals surface area contributed by atoms with Gasteiger partial charge in [-0.1, -0.05) is 101 Å². The number of hydrogen-bond donors (Lipinski definition) is 0. The number of hydrogen-bond acceptors (Lipinski definition) is 1. The van der Waals surface area contributed by atoms with E-state index in [9.17, 15) is 110 Å². The molecule has 0 aliphatic heterocycles. The summed E-state index contributed by atoms with van der Waals surface area (Å²) in [5.74, 6) is 0.608. The maximum Gasteiger partial charge on any atom is 0.416 e. The fraction of sp³-hybridized carbons (Fsp3) is 0.234. The van der Waals surface area contributed by atoms with Crippen LogP contribution in [0.3, 0.4) is 0 Å². The number of benzene rings is 6. The molecule has 1 unspecified atom stereocenters. The summed E-state index contributed by atoms with van der Waals surface area (Å²) in [4.78, 5) is 0.931. The Hall–Kier alpha value is -6.15. The summed E-state index contributed by atoms with van der Waals surface area (Å²) < 4.78 is 353. The molecule has 0 aliphatic carbocycles. The lowest BCUT2D eigenvalue weighted by Gasteiger charge is -2.46. The average Bonchev–Trinajstić information content (AvgIpc) is 3.25. The Labute approximate surface area is 403 Å². The molecule has 27 heteroatoms. The van der Waals surface area contributed by atoms with Crippen molar-refractivity contribution in [3.8, 4) is 0 Å². The smallest absolute Gasteiger partial charge is 0.194 e. The summed E-state index contributed by atoms with van der Waals surface area (Å²) in [7, 11) is -1.98. The minimum atomic E-state index is -6.13. The molecule has 0 saturated heterocycles. The van der Waals surface area contributed by atoms with Gasteiger partial charge in [0.05, 0.1) is 44.5 Å². The highest BCUT2D eigenvalue weighted by Gasteiger charge is 2.47. The third-order valence-electron chi connectivity index (χ3n) is 11.2. The molecule has 0 aromatic heterocycles. The quantitative estimate of drug-likeness (QED) is 0.0885. The minimum Gasteiger partial charge on any atom is -0.194 e. The summed E-state index contributed by atoms with van der Waals surface area (Å²) in [5.41, 5.74) is -27.8. The first-order valence-electron chi connectivity index (χ1n) is 20.3. The lowest BCUT2D eigenvalue weighted by molar-refractivity contribution is -0.144. The van der Waals surface area contributed by atoms with Gasteiger partial charge in [-0.2, -0.15) is 127 Å². The first kappa shape index (κ1) is 58.7. The standard InChI is InChI=1S/C32H12BF24.C15H17OS/c34-25(35,36)13-1-14(26(37,38)39)6-21(5-13)33(22-7-15(27(40,41)42)2-16(8-22)28(43,44)45,23-9-17(29(46,47)48)3-18(10-23)30(49,50)51)24-11-19(31(52,53)54)4-20(12-24)32(55,56)57;1-13-8-10-14(11-9-13)12-17(2,16)15-6-4-3-5-7-15/h1-12H;3-11H,12H2,1-2H3/q-1;+1. The van der Waals surface area contributed by atoms with E-state index in [1.165, 1.54) is 5.56 Å². The average molecular weight is 1110 g/mol. The second-order valence-electron chi connectivity index (χ2n) is 16.7. The molecule has 0 N–H and O–H groups in total. The summed E-state index contributed by atoms with van der Waals surface area (Å²) in [6.45, 7) is 2.06. The topological polar surface area (TPSA) is 17.1 Å². The fourth-order valence-corrected chi connectivity index (χ4v) is 9.59. The molecule has 0 saturated carbocycles. The molecule has 0 bridgehead atoms. The molecule has 0 aliphatic rings. The lowest BCUT2D eigenvalue weighted by Crippen LogP contribution is -2.75.